The normalized spacial score (nSPS) is 17.9. The summed E-state index contributed by atoms with van der Waals surface area (Å²) < 4.78 is 19.6. The molecule has 134 valence electrons. The number of hydrogen-bond acceptors (Lipinski definition) is 4. The molecule has 0 saturated carbocycles. The van der Waals surface area contributed by atoms with Crippen molar-refractivity contribution in [2.24, 2.45) is 0 Å². The molecule has 1 aromatic heterocycles. The van der Waals surface area contributed by atoms with Gasteiger partial charge in [0.25, 0.3) is 5.91 Å². The minimum atomic E-state index is -0.358. The Morgan fingerprint density at radius 3 is 3.00 bits per heavy atom. The van der Waals surface area contributed by atoms with Gasteiger partial charge in [-0.1, -0.05) is 12.1 Å². The zero-order valence-corrected chi connectivity index (χ0v) is 14.5. The van der Waals surface area contributed by atoms with Crippen molar-refractivity contribution >= 4 is 5.91 Å². The number of rotatable bonds is 5. The van der Waals surface area contributed by atoms with Crippen molar-refractivity contribution in [2.75, 3.05) is 40.3 Å². The number of carbonyl (C=O) groups excluding carboxylic acids is 1. The van der Waals surface area contributed by atoms with Gasteiger partial charge in [0.2, 0.25) is 0 Å². The first-order valence-corrected chi connectivity index (χ1v) is 8.40. The molecule has 1 saturated heterocycles. The lowest BCUT2D eigenvalue weighted by atomic mass is 10.1. The van der Waals surface area contributed by atoms with Crippen LogP contribution in [0.1, 0.15) is 16.9 Å². The molecular formula is C18H23FN4O2. The van der Waals surface area contributed by atoms with E-state index in [-0.39, 0.29) is 17.8 Å². The predicted molar refractivity (Wildman–Crippen MR) is 92.8 cm³/mol. The van der Waals surface area contributed by atoms with Crippen molar-refractivity contribution in [2.45, 2.75) is 12.5 Å². The van der Waals surface area contributed by atoms with Gasteiger partial charge in [-0.25, -0.2) is 4.39 Å². The summed E-state index contributed by atoms with van der Waals surface area (Å²) in [7, 11) is 4.03. The van der Waals surface area contributed by atoms with Crippen LogP contribution in [0.5, 0.6) is 0 Å². The molecule has 0 aliphatic carbocycles. The number of aromatic nitrogens is 2. The number of morpholine rings is 1. The van der Waals surface area contributed by atoms with Crippen LogP contribution < -0.4 is 0 Å². The highest BCUT2D eigenvalue weighted by Gasteiger charge is 2.26. The highest BCUT2D eigenvalue weighted by atomic mass is 19.1. The van der Waals surface area contributed by atoms with Crippen LogP contribution in [-0.4, -0.2) is 72.3 Å². The zero-order chi connectivity index (χ0) is 17.8. The number of hydrogen-bond donors (Lipinski definition) is 1. The molecule has 2 aromatic rings. The van der Waals surface area contributed by atoms with E-state index in [4.69, 9.17) is 4.74 Å². The highest BCUT2D eigenvalue weighted by Crippen LogP contribution is 2.22. The lowest BCUT2D eigenvalue weighted by Crippen LogP contribution is -2.46. The summed E-state index contributed by atoms with van der Waals surface area (Å²) in [6.07, 6.45) is 0.911. The standard InChI is InChI=1S/C18H23FN4O2/c1-22(2)8-7-13-12-23(9-10-25-13)18(24)17-11-16(20-21-17)14-5-3-4-6-15(14)19/h3-6,11,13H,7-10,12H2,1-2H3,(H,20,21). The van der Waals surface area contributed by atoms with Gasteiger partial charge in [-0.05, 0) is 38.7 Å². The fourth-order valence-corrected chi connectivity index (χ4v) is 2.89. The molecule has 7 heteroatoms. The molecule has 1 aromatic carbocycles. The smallest absolute Gasteiger partial charge is 0.272 e. The Balaban J connectivity index is 1.68. The van der Waals surface area contributed by atoms with Gasteiger partial charge >= 0.3 is 0 Å². The summed E-state index contributed by atoms with van der Waals surface area (Å²) in [4.78, 5) is 16.6. The van der Waals surface area contributed by atoms with Crippen molar-refractivity contribution in [3.63, 3.8) is 0 Å². The van der Waals surface area contributed by atoms with Crippen molar-refractivity contribution in [1.29, 1.82) is 0 Å². The number of ether oxygens (including phenoxy) is 1. The molecule has 1 N–H and O–H groups in total. The Kier molecular flexibility index (Phi) is 5.45. The van der Waals surface area contributed by atoms with E-state index in [0.29, 0.717) is 36.6 Å². The second kappa shape index (κ2) is 7.76. The number of H-pyrrole nitrogens is 1. The fourth-order valence-electron chi connectivity index (χ4n) is 2.89. The van der Waals surface area contributed by atoms with Gasteiger partial charge in [0.15, 0.2) is 0 Å². The number of aromatic amines is 1. The first-order chi connectivity index (χ1) is 12.0. The molecule has 0 bridgehead atoms. The van der Waals surface area contributed by atoms with Crippen molar-refractivity contribution in [3.8, 4) is 11.3 Å². The second-order valence-corrected chi connectivity index (χ2v) is 6.48. The van der Waals surface area contributed by atoms with E-state index in [0.717, 1.165) is 13.0 Å². The molecular weight excluding hydrogens is 323 g/mol. The molecule has 0 spiro atoms. The Morgan fingerprint density at radius 2 is 2.24 bits per heavy atom. The maximum Gasteiger partial charge on any atom is 0.272 e. The molecule has 1 atom stereocenters. The molecule has 2 heterocycles. The largest absolute Gasteiger partial charge is 0.374 e. The molecule has 0 radical (unpaired) electrons. The maximum absolute atomic E-state index is 13.9. The number of carbonyl (C=O) groups is 1. The minimum absolute atomic E-state index is 0.0362. The number of amides is 1. The van der Waals surface area contributed by atoms with Gasteiger partial charge in [-0.2, -0.15) is 5.10 Å². The maximum atomic E-state index is 13.9. The van der Waals surface area contributed by atoms with E-state index in [9.17, 15) is 9.18 Å². The van der Waals surface area contributed by atoms with Crippen LogP contribution in [0.2, 0.25) is 0 Å². The van der Waals surface area contributed by atoms with Crippen LogP contribution in [-0.2, 0) is 4.74 Å². The van der Waals surface area contributed by atoms with E-state index in [1.54, 1.807) is 29.2 Å². The van der Waals surface area contributed by atoms with Crippen LogP contribution in [0.3, 0.4) is 0 Å². The van der Waals surface area contributed by atoms with E-state index in [1.165, 1.54) is 6.07 Å². The topological polar surface area (TPSA) is 61.5 Å². The number of halogens is 1. The van der Waals surface area contributed by atoms with Crippen LogP contribution >= 0.6 is 0 Å². The Morgan fingerprint density at radius 1 is 1.44 bits per heavy atom. The van der Waals surface area contributed by atoms with Gasteiger partial charge in [0, 0.05) is 25.2 Å². The third-order valence-corrected chi connectivity index (χ3v) is 4.28. The summed E-state index contributed by atoms with van der Waals surface area (Å²) in [5, 5.41) is 6.83. The highest BCUT2D eigenvalue weighted by molar-refractivity contribution is 5.93. The molecule has 1 unspecified atom stereocenters. The summed E-state index contributed by atoms with van der Waals surface area (Å²) in [5.41, 5.74) is 1.18. The van der Waals surface area contributed by atoms with Crippen molar-refractivity contribution in [1.82, 2.24) is 20.0 Å². The molecule has 1 fully saturated rings. The molecule has 1 aliphatic rings. The third kappa shape index (κ3) is 4.24. The van der Waals surface area contributed by atoms with E-state index in [1.807, 2.05) is 14.1 Å². The third-order valence-electron chi connectivity index (χ3n) is 4.28. The average Bonchev–Trinajstić information content (AvgIpc) is 3.10. The zero-order valence-electron chi connectivity index (χ0n) is 14.5. The quantitative estimate of drug-likeness (QED) is 0.900. The Bertz CT molecular complexity index is 731. The summed E-state index contributed by atoms with van der Waals surface area (Å²) in [6, 6.07) is 7.99. The monoisotopic (exact) mass is 346 g/mol. The van der Waals surface area contributed by atoms with Gasteiger partial charge in [-0.15, -0.1) is 0 Å². The Labute approximate surface area is 146 Å². The van der Waals surface area contributed by atoms with Crippen molar-refractivity contribution < 1.29 is 13.9 Å². The number of nitrogens with zero attached hydrogens (tertiary/aromatic N) is 3. The van der Waals surface area contributed by atoms with E-state index < -0.39 is 0 Å². The van der Waals surface area contributed by atoms with E-state index >= 15 is 0 Å². The fraction of sp³-hybridized carbons (Fsp3) is 0.444. The molecule has 1 amide bonds. The lowest BCUT2D eigenvalue weighted by Gasteiger charge is -2.33. The van der Waals surface area contributed by atoms with Gasteiger partial charge < -0.3 is 14.5 Å². The van der Waals surface area contributed by atoms with Gasteiger partial charge in [0.05, 0.1) is 18.4 Å². The van der Waals surface area contributed by atoms with Gasteiger partial charge in [-0.3, -0.25) is 9.89 Å². The van der Waals surface area contributed by atoms with Gasteiger partial charge in [0.1, 0.15) is 11.5 Å². The summed E-state index contributed by atoms with van der Waals surface area (Å²) in [5.74, 6) is -0.489. The molecule has 25 heavy (non-hydrogen) atoms. The summed E-state index contributed by atoms with van der Waals surface area (Å²) in [6.45, 7) is 2.54. The number of nitrogens with one attached hydrogen (secondary N) is 1. The number of benzene rings is 1. The first-order valence-electron chi connectivity index (χ1n) is 8.40. The van der Waals surface area contributed by atoms with E-state index in [2.05, 4.69) is 15.1 Å². The SMILES string of the molecule is CN(C)CCC1CN(C(=O)c2cc(-c3ccccc3F)n[nH]2)CCO1. The van der Waals surface area contributed by atoms with Crippen LogP contribution in [0.15, 0.2) is 30.3 Å². The van der Waals surface area contributed by atoms with Crippen LogP contribution in [0, 0.1) is 5.82 Å². The molecule has 6 nitrogen and oxygen atoms in total. The molecule has 1 aliphatic heterocycles. The van der Waals surface area contributed by atoms with Crippen LogP contribution in [0.25, 0.3) is 11.3 Å². The molecule has 3 rings (SSSR count). The average molecular weight is 346 g/mol. The summed E-state index contributed by atoms with van der Waals surface area (Å²) >= 11 is 0. The van der Waals surface area contributed by atoms with Crippen molar-refractivity contribution in [3.05, 3.63) is 41.8 Å². The second-order valence-electron chi connectivity index (χ2n) is 6.48. The predicted octanol–water partition coefficient (Wildman–Crippen LogP) is 2.01. The first kappa shape index (κ1) is 17.6. The van der Waals surface area contributed by atoms with Crippen LogP contribution in [0.4, 0.5) is 4.39 Å². The Hall–Kier alpha value is -2.25. The lowest BCUT2D eigenvalue weighted by molar-refractivity contribution is -0.0271. The minimum Gasteiger partial charge on any atom is -0.374 e.